The van der Waals surface area contributed by atoms with Crippen LogP contribution in [0.2, 0.25) is 0 Å². The van der Waals surface area contributed by atoms with E-state index in [-0.39, 0.29) is 23.4 Å². The van der Waals surface area contributed by atoms with Gasteiger partial charge in [-0.25, -0.2) is 4.98 Å². The number of nitrogens with two attached hydrogens (primary N) is 1. The highest BCUT2D eigenvalue weighted by Crippen LogP contribution is 2.27. The van der Waals surface area contributed by atoms with Crippen molar-refractivity contribution in [2.75, 3.05) is 6.54 Å². The number of pyridine rings is 1. The van der Waals surface area contributed by atoms with Gasteiger partial charge in [0.15, 0.2) is 5.69 Å². The largest absolute Gasteiger partial charge is 0.505 e. The van der Waals surface area contributed by atoms with Crippen molar-refractivity contribution in [2.45, 2.75) is 31.7 Å². The minimum absolute atomic E-state index is 0.0265. The standard InChI is InChI=1S/C13H19N3O2/c14-8-10(9-4-1-2-5-9)16-13(18)12-11(17)6-3-7-15-12/h3,6-7,9-10,17H,1-2,4-5,8,14H2,(H,16,18). The molecule has 0 radical (unpaired) electrons. The van der Waals surface area contributed by atoms with Gasteiger partial charge in [-0.3, -0.25) is 4.79 Å². The van der Waals surface area contributed by atoms with Gasteiger partial charge in [0.25, 0.3) is 5.91 Å². The molecule has 5 nitrogen and oxygen atoms in total. The molecular formula is C13H19N3O2. The molecule has 1 aromatic rings. The zero-order valence-corrected chi connectivity index (χ0v) is 10.3. The lowest BCUT2D eigenvalue weighted by molar-refractivity contribution is 0.0916. The van der Waals surface area contributed by atoms with E-state index in [9.17, 15) is 9.90 Å². The molecule has 1 amide bonds. The van der Waals surface area contributed by atoms with Crippen LogP contribution in [0.25, 0.3) is 0 Å². The normalized spacial score (nSPS) is 17.6. The first kappa shape index (κ1) is 12.8. The Labute approximate surface area is 106 Å². The third kappa shape index (κ3) is 2.79. The summed E-state index contributed by atoms with van der Waals surface area (Å²) in [4.78, 5) is 15.9. The fourth-order valence-electron chi connectivity index (χ4n) is 2.54. The van der Waals surface area contributed by atoms with Crippen molar-refractivity contribution in [1.82, 2.24) is 10.3 Å². The maximum Gasteiger partial charge on any atom is 0.274 e. The summed E-state index contributed by atoms with van der Waals surface area (Å²) in [6, 6.07) is 3.01. The van der Waals surface area contributed by atoms with Crippen LogP contribution in [-0.2, 0) is 0 Å². The fraction of sp³-hybridized carbons (Fsp3) is 0.538. The van der Waals surface area contributed by atoms with Crippen LogP contribution < -0.4 is 11.1 Å². The molecule has 1 aliphatic carbocycles. The molecule has 1 saturated carbocycles. The number of aromatic nitrogens is 1. The van der Waals surface area contributed by atoms with E-state index >= 15 is 0 Å². The molecule has 1 heterocycles. The van der Waals surface area contributed by atoms with Crippen LogP contribution in [-0.4, -0.2) is 28.6 Å². The van der Waals surface area contributed by atoms with E-state index in [1.807, 2.05) is 0 Å². The Morgan fingerprint density at radius 3 is 2.89 bits per heavy atom. The molecular weight excluding hydrogens is 230 g/mol. The molecule has 1 aromatic heterocycles. The maximum atomic E-state index is 12.0. The van der Waals surface area contributed by atoms with Gasteiger partial charge in [-0.2, -0.15) is 0 Å². The second kappa shape index (κ2) is 5.82. The highest BCUT2D eigenvalue weighted by atomic mass is 16.3. The number of hydrogen-bond donors (Lipinski definition) is 3. The summed E-state index contributed by atoms with van der Waals surface area (Å²) in [7, 11) is 0. The molecule has 1 atom stereocenters. The fourth-order valence-corrected chi connectivity index (χ4v) is 2.54. The molecule has 5 heteroatoms. The molecule has 1 fully saturated rings. The quantitative estimate of drug-likeness (QED) is 0.743. The minimum atomic E-state index is -0.351. The van der Waals surface area contributed by atoms with E-state index in [4.69, 9.17) is 5.73 Å². The van der Waals surface area contributed by atoms with Crippen molar-refractivity contribution >= 4 is 5.91 Å². The summed E-state index contributed by atoms with van der Waals surface area (Å²) < 4.78 is 0. The Morgan fingerprint density at radius 1 is 1.56 bits per heavy atom. The first-order valence-corrected chi connectivity index (χ1v) is 6.37. The van der Waals surface area contributed by atoms with Crippen LogP contribution in [0.15, 0.2) is 18.3 Å². The molecule has 0 aliphatic heterocycles. The van der Waals surface area contributed by atoms with E-state index in [0.717, 1.165) is 12.8 Å². The van der Waals surface area contributed by atoms with Crippen molar-refractivity contribution < 1.29 is 9.90 Å². The number of rotatable bonds is 4. The molecule has 0 saturated heterocycles. The van der Waals surface area contributed by atoms with Crippen molar-refractivity contribution in [3.8, 4) is 5.75 Å². The molecule has 0 spiro atoms. The van der Waals surface area contributed by atoms with Crippen LogP contribution in [0.3, 0.4) is 0 Å². The first-order valence-electron chi connectivity index (χ1n) is 6.37. The second-order valence-corrected chi connectivity index (χ2v) is 4.73. The number of carbonyl (C=O) groups excluding carboxylic acids is 1. The van der Waals surface area contributed by atoms with Crippen molar-refractivity contribution in [1.29, 1.82) is 0 Å². The molecule has 98 valence electrons. The van der Waals surface area contributed by atoms with Crippen molar-refractivity contribution in [3.05, 3.63) is 24.0 Å². The average Bonchev–Trinajstić information content (AvgIpc) is 2.90. The van der Waals surface area contributed by atoms with E-state index in [0.29, 0.717) is 12.5 Å². The van der Waals surface area contributed by atoms with E-state index < -0.39 is 0 Å². The average molecular weight is 249 g/mol. The number of nitrogens with one attached hydrogen (secondary N) is 1. The monoisotopic (exact) mass is 249 g/mol. The Bertz CT molecular complexity index is 416. The summed E-state index contributed by atoms with van der Waals surface area (Å²) in [6.07, 6.45) is 6.10. The van der Waals surface area contributed by atoms with Gasteiger partial charge in [-0.05, 0) is 30.9 Å². The number of aromatic hydroxyl groups is 1. The first-order chi connectivity index (χ1) is 8.72. The topological polar surface area (TPSA) is 88.2 Å². The third-order valence-electron chi connectivity index (χ3n) is 3.54. The number of carbonyl (C=O) groups is 1. The number of hydrogen-bond acceptors (Lipinski definition) is 4. The highest BCUT2D eigenvalue weighted by molar-refractivity contribution is 5.94. The van der Waals surface area contributed by atoms with E-state index in [2.05, 4.69) is 10.3 Å². The van der Waals surface area contributed by atoms with Gasteiger partial charge in [0.1, 0.15) is 5.75 Å². The smallest absolute Gasteiger partial charge is 0.274 e. The van der Waals surface area contributed by atoms with Crippen molar-refractivity contribution in [2.24, 2.45) is 11.7 Å². The van der Waals surface area contributed by atoms with Crippen LogP contribution in [0, 0.1) is 5.92 Å². The lowest BCUT2D eigenvalue weighted by atomic mass is 9.98. The van der Waals surface area contributed by atoms with Gasteiger partial charge in [0.2, 0.25) is 0 Å². The van der Waals surface area contributed by atoms with Crippen LogP contribution in [0.5, 0.6) is 5.75 Å². The summed E-state index contributed by atoms with van der Waals surface area (Å²) in [6.45, 7) is 0.421. The van der Waals surface area contributed by atoms with Gasteiger partial charge in [-0.1, -0.05) is 12.8 Å². The van der Waals surface area contributed by atoms with E-state index in [1.54, 1.807) is 6.07 Å². The Hall–Kier alpha value is -1.62. The molecule has 18 heavy (non-hydrogen) atoms. The lowest BCUT2D eigenvalue weighted by Gasteiger charge is -2.23. The Morgan fingerprint density at radius 2 is 2.28 bits per heavy atom. The number of nitrogens with zero attached hydrogens (tertiary/aromatic N) is 1. The molecule has 2 rings (SSSR count). The maximum absolute atomic E-state index is 12.0. The molecule has 4 N–H and O–H groups in total. The lowest BCUT2D eigenvalue weighted by Crippen LogP contribution is -2.44. The zero-order valence-electron chi connectivity index (χ0n) is 10.3. The molecule has 0 aromatic carbocycles. The van der Waals surface area contributed by atoms with Gasteiger partial charge < -0.3 is 16.2 Å². The molecule has 0 bridgehead atoms. The SMILES string of the molecule is NCC(NC(=O)c1ncccc1O)C1CCCC1. The van der Waals surface area contributed by atoms with Gasteiger partial charge in [0.05, 0.1) is 0 Å². The predicted molar refractivity (Wildman–Crippen MR) is 68.2 cm³/mol. The summed E-state index contributed by atoms with van der Waals surface area (Å²) in [5.74, 6) is -0.00236. The third-order valence-corrected chi connectivity index (χ3v) is 3.54. The van der Waals surface area contributed by atoms with Crippen LogP contribution >= 0.6 is 0 Å². The summed E-state index contributed by atoms with van der Waals surface area (Å²) in [5, 5.41) is 12.5. The Balaban J connectivity index is 2.03. The minimum Gasteiger partial charge on any atom is -0.505 e. The van der Waals surface area contributed by atoms with Crippen LogP contribution in [0.1, 0.15) is 36.2 Å². The van der Waals surface area contributed by atoms with Crippen molar-refractivity contribution in [3.63, 3.8) is 0 Å². The number of amides is 1. The van der Waals surface area contributed by atoms with Gasteiger partial charge >= 0.3 is 0 Å². The summed E-state index contributed by atoms with van der Waals surface area (Å²) in [5.41, 5.74) is 5.78. The zero-order chi connectivity index (χ0) is 13.0. The van der Waals surface area contributed by atoms with E-state index in [1.165, 1.54) is 25.1 Å². The highest BCUT2D eigenvalue weighted by Gasteiger charge is 2.26. The molecule has 1 unspecified atom stereocenters. The predicted octanol–water partition coefficient (Wildman–Crippen LogP) is 1.03. The molecule has 1 aliphatic rings. The second-order valence-electron chi connectivity index (χ2n) is 4.73. The Kier molecular flexibility index (Phi) is 4.15. The summed E-state index contributed by atoms with van der Waals surface area (Å²) >= 11 is 0. The van der Waals surface area contributed by atoms with Gasteiger partial charge in [0, 0.05) is 18.8 Å². The van der Waals surface area contributed by atoms with Gasteiger partial charge in [-0.15, -0.1) is 0 Å². The van der Waals surface area contributed by atoms with Crippen LogP contribution in [0.4, 0.5) is 0 Å².